The van der Waals surface area contributed by atoms with Crippen molar-refractivity contribution in [3.63, 3.8) is 0 Å². The van der Waals surface area contributed by atoms with Crippen LogP contribution in [0.2, 0.25) is 0 Å². The van der Waals surface area contributed by atoms with Gasteiger partial charge in [0.25, 0.3) is 0 Å². The van der Waals surface area contributed by atoms with Crippen LogP contribution in [0.1, 0.15) is 43.4 Å². The lowest BCUT2D eigenvalue weighted by molar-refractivity contribution is 0.122. The number of fused-ring (bicyclic) bond motifs is 1. The van der Waals surface area contributed by atoms with Crippen molar-refractivity contribution in [1.82, 2.24) is 10.2 Å². The summed E-state index contributed by atoms with van der Waals surface area (Å²) in [5.41, 5.74) is 4.48. The predicted octanol–water partition coefficient (Wildman–Crippen LogP) is 2.91. The van der Waals surface area contributed by atoms with Gasteiger partial charge in [0.2, 0.25) is 0 Å². The molecule has 1 saturated heterocycles. The molecule has 98 valence electrons. The van der Waals surface area contributed by atoms with Crippen molar-refractivity contribution < 1.29 is 0 Å². The molecule has 0 amide bonds. The van der Waals surface area contributed by atoms with Crippen LogP contribution in [0, 0.1) is 5.92 Å². The highest BCUT2D eigenvalue weighted by atomic mass is 15.2. The summed E-state index contributed by atoms with van der Waals surface area (Å²) in [6.07, 6.45) is 2.71. The average Bonchev–Trinajstić information content (AvgIpc) is 2.80. The highest BCUT2D eigenvalue weighted by Crippen LogP contribution is 2.25. The molecule has 3 rings (SSSR count). The van der Waals surface area contributed by atoms with E-state index in [9.17, 15) is 0 Å². The fourth-order valence-electron chi connectivity index (χ4n) is 3.37. The fraction of sp³-hybridized carbons (Fsp3) is 0.625. The van der Waals surface area contributed by atoms with Crippen molar-refractivity contribution >= 4 is 0 Å². The minimum atomic E-state index is 0.736. The minimum absolute atomic E-state index is 0.736. The van der Waals surface area contributed by atoms with Crippen LogP contribution >= 0.6 is 0 Å². The number of benzene rings is 1. The average molecular weight is 244 g/mol. The first kappa shape index (κ1) is 12.2. The molecule has 2 nitrogen and oxygen atoms in total. The molecule has 1 aromatic carbocycles. The molecule has 0 aromatic heterocycles. The van der Waals surface area contributed by atoms with Gasteiger partial charge in [-0.05, 0) is 48.9 Å². The molecule has 2 aliphatic heterocycles. The minimum Gasteiger partial charge on any atom is -0.309 e. The maximum Gasteiger partial charge on any atom is 0.0236 e. The number of nitrogens with zero attached hydrogens (tertiary/aromatic N) is 1. The normalized spacial score (nSPS) is 28.3. The topological polar surface area (TPSA) is 15.3 Å². The SMILES string of the molecule is CC1CCN(Cc2ccc3c(c2)CNC3)C(C)C1. The van der Waals surface area contributed by atoms with Gasteiger partial charge in [-0.15, -0.1) is 0 Å². The molecule has 1 N–H and O–H groups in total. The largest absolute Gasteiger partial charge is 0.309 e. The van der Waals surface area contributed by atoms with Gasteiger partial charge in [0, 0.05) is 25.7 Å². The Bertz CT molecular complexity index is 427. The molecule has 0 saturated carbocycles. The Kier molecular flexibility index (Phi) is 3.40. The molecule has 2 heteroatoms. The molecule has 0 bridgehead atoms. The highest BCUT2D eigenvalue weighted by Gasteiger charge is 2.23. The van der Waals surface area contributed by atoms with Gasteiger partial charge in [-0.1, -0.05) is 25.1 Å². The Balaban J connectivity index is 1.69. The summed E-state index contributed by atoms with van der Waals surface area (Å²) in [6, 6.07) is 7.76. The van der Waals surface area contributed by atoms with Gasteiger partial charge in [0.1, 0.15) is 0 Å². The first-order valence-corrected chi connectivity index (χ1v) is 7.28. The summed E-state index contributed by atoms with van der Waals surface area (Å²) in [5.74, 6) is 0.903. The number of likely N-dealkylation sites (tertiary alicyclic amines) is 1. The van der Waals surface area contributed by atoms with Crippen molar-refractivity contribution in [3.8, 4) is 0 Å². The second kappa shape index (κ2) is 5.02. The molecule has 2 aliphatic rings. The molecule has 2 unspecified atom stereocenters. The van der Waals surface area contributed by atoms with E-state index in [0.29, 0.717) is 0 Å². The maximum atomic E-state index is 3.42. The Labute approximate surface area is 110 Å². The van der Waals surface area contributed by atoms with Crippen LogP contribution in [0.3, 0.4) is 0 Å². The molecule has 0 radical (unpaired) electrons. The van der Waals surface area contributed by atoms with Gasteiger partial charge in [0.05, 0.1) is 0 Å². The van der Waals surface area contributed by atoms with E-state index in [1.807, 2.05) is 0 Å². The van der Waals surface area contributed by atoms with Crippen LogP contribution in [0.5, 0.6) is 0 Å². The van der Waals surface area contributed by atoms with Crippen molar-refractivity contribution in [2.45, 2.75) is 52.4 Å². The predicted molar refractivity (Wildman–Crippen MR) is 75.3 cm³/mol. The second-order valence-corrected chi connectivity index (χ2v) is 6.16. The number of hydrogen-bond acceptors (Lipinski definition) is 2. The van der Waals surface area contributed by atoms with Crippen LogP contribution in [0.15, 0.2) is 18.2 Å². The maximum absolute atomic E-state index is 3.42. The van der Waals surface area contributed by atoms with Gasteiger partial charge in [0.15, 0.2) is 0 Å². The van der Waals surface area contributed by atoms with E-state index in [0.717, 1.165) is 31.6 Å². The standard InChI is InChI=1S/C16H24N2/c1-12-5-6-18(13(2)7-12)11-14-3-4-15-9-17-10-16(15)8-14/h3-4,8,12-13,17H,5-7,9-11H2,1-2H3. The van der Waals surface area contributed by atoms with Crippen molar-refractivity contribution in [3.05, 3.63) is 34.9 Å². The zero-order valence-corrected chi connectivity index (χ0v) is 11.6. The van der Waals surface area contributed by atoms with Crippen LogP contribution in [-0.4, -0.2) is 17.5 Å². The third-order valence-corrected chi connectivity index (χ3v) is 4.56. The number of hydrogen-bond donors (Lipinski definition) is 1. The highest BCUT2D eigenvalue weighted by molar-refractivity contribution is 5.34. The summed E-state index contributed by atoms with van der Waals surface area (Å²) in [4.78, 5) is 2.64. The lowest BCUT2D eigenvalue weighted by Crippen LogP contribution is -2.39. The molecule has 2 heterocycles. The van der Waals surface area contributed by atoms with E-state index in [4.69, 9.17) is 0 Å². The van der Waals surface area contributed by atoms with Gasteiger partial charge < -0.3 is 5.32 Å². The molecule has 0 aliphatic carbocycles. The van der Waals surface area contributed by atoms with Crippen LogP contribution in [0.25, 0.3) is 0 Å². The van der Waals surface area contributed by atoms with Crippen molar-refractivity contribution in [2.75, 3.05) is 6.54 Å². The molecule has 1 fully saturated rings. The lowest BCUT2D eigenvalue weighted by atomic mass is 9.93. The van der Waals surface area contributed by atoms with Gasteiger partial charge in [-0.3, -0.25) is 4.90 Å². The lowest BCUT2D eigenvalue weighted by Gasteiger charge is -2.36. The van der Waals surface area contributed by atoms with E-state index < -0.39 is 0 Å². The van der Waals surface area contributed by atoms with Gasteiger partial charge in [-0.25, -0.2) is 0 Å². The number of nitrogens with one attached hydrogen (secondary N) is 1. The second-order valence-electron chi connectivity index (χ2n) is 6.16. The molecule has 18 heavy (non-hydrogen) atoms. The first-order chi connectivity index (χ1) is 8.72. The van der Waals surface area contributed by atoms with Crippen LogP contribution < -0.4 is 5.32 Å². The quantitative estimate of drug-likeness (QED) is 0.860. The van der Waals surface area contributed by atoms with Crippen molar-refractivity contribution in [1.29, 1.82) is 0 Å². The first-order valence-electron chi connectivity index (χ1n) is 7.28. The smallest absolute Gasteiger partial charge is 0.0236 e. The van der Waals surface area contributed by atoms with Gasteiger partial charge >= 0.3 is 0 Å². The van der Waals surface area contributed by atoms with Crippen LogP contribution in [-0.2, 0) is 19.6 Å². The fourth-order valence-corrected chi connectivity index (χ4v) is 3.37. The summed E-state index contributed by atoms with van der Waals surface area (Å²) in [7, 11) is 0. The number of rotatable bonds is 2. The Morgan fingerprint density at radius 3 is 2.89 bits per heavy atom. The number of piperidine rings is 1. The van der Waals surface area contributed by atoms with E-state index in [2.05, 4.69) is 42.3 Å². The summed E-state index contributed by atoms with van der Waals surface area (Å²) in [6.45, 7) is 9.25. The zero-order chi connectivity index (χ0) is 12.5. The Hall–Kier alpha value is -0.860. The van der Waals surface area contributed by atoms with E-state index in [-0.39, 0.29) is 0 Å². The third-order valence-electron chi connectivity index (χ3n) is 4.56. The van der Waals surface area contributed by atoms with Crippen molar-refractivity contribution in [2.24, 2.45) is 5.92 Å². The third kappa shape index (κ3) is 2.45. The monoisotopic (exact) mass is 244 g/mol. The Morgan fingerprint density at radius 1 is 1.22 bits per heavy atom. The summed E-state index contributed by atoms with van der Waals surface area (Å²) < 4.78 is 0. The molecule has 2 atom stereocenters. The van der Waals surface area contributed by atoms with E-state index in [1.165, 1.54) is 36.1 Å². The summed E-state index contributed by atoms with van der Waals surface area (Å²) >= 11 is 0. The zero-order valence-electron chi connectivity index (χ0n) is 11.6. The van der Waals surface area contributed by atoms with Gasteiger partial charge in [-0.2, -0.15) is 0 Å². The van der Waals surface area contributed by atoms with Crippen LogP contribution in [0.4, 0.5) is 0 Å². The van der Waals surface area contributed by atoms with E-state index >= 15 is 0 Å². The molecule has 0 spiro atoms. The van der Waals surface area contributed by atoms with E-state index in [1.54, 1.807) is 0 Å². The summed E-state index contributed by atoms with van der Waals surface area (Å²) in [5, 5.41) is 3.42. The molecular formula is C16H24N2. The Morgan fingerprint density at radius 2 is 2.06 bits per heavy atom. The molecular weight excluding hydrogens is 220 g/mol. The molecule has 1 aromatic rings.